The number of rotatable bonds is 3. The summed E-state index contributed by atoms with van der Waals surface area (Å²) in [5.74, 6) is -3.99. The normalized spacial score (nSPS) is 24.5. The largest absolute Gasteiger partial charge is 0.743 e. The van der Waals surface area contributed by atoms with Gasteiger partial charge in [-0.05, 0) is 86.7 Å². The molecule has 1 heterocycles. The number of hydrogen-bond donors (Lipinski definition) is 0. The van der Waals surface area contributed by atoms with Crippen molar-refractivity contribution in [3.63, 3.8) is 0 Å². The third-order valence-corrected chi connectivity index (χ3v) is 10.3. The molecule has 29 heavy (non-hydrogen) atoms. The van der Waals surface area contributed by atoms with E-state index >= 15 is 0 Å². The molecule has 1 aromatic carbocycles. The van der Waals surface area contributed by atoms with Crippen molar-refractivity contribution in [1.29, 1.82) is 0 Å². The summed E-state index contributed by atoms with van der Waals surface area (Å²) in [6, 6.07) is 1.70. The highest BCUT2D eigenvalue weighted by Crippen LogP contribution is 2.44. The van der Waals surface area contributed by atoms with Crippen molar-refractivity contribution in [3.05, 3.63) is 22.3 Å². The van der Waals surface area contributed by atoms with Crippen molar-refractivity contribution in [2.45, 2.75) is 42.8 Å². The first kappa shape index (κ1) is 23.6. The van der Waals surface area contributed by atoms with Gasteiger partial charge in [0.05, 0.1) is 0 Å². The van der Waals surface area contributed by atoms with Gasteiger partial charge in [0.15, 0.2) is 10.1 Å². The zero-order valence-corrected chi connectivity index (χ0v) is 21.3. The standard InChI is InChI=1S/C15H11F2I3O8S/c16-15(17,29(23,24)25)13(22)26-6-1-3-14(4-2-6)27-8-5-7(18)10(19)11(20)9(8)12(21)28-14/h5-6H,1-4H2,(H,23,24,25)/p-1. The number of fused-ring (bicyclic) bond motifs is 1. The number of carbonyl (C=O) groups is 2. The lowest BCUT2D eigenvalue weighted by Crippen LogP contribution is -2.49. The molecule has 0 radical (unpaired) electrons. The third kappa shape index (κ3) is 4.45. The first-order valence-electron chi connectivity index (χ1n) is 7.91. The second-order valence-corrected chi connectivity index (χ2v) is 11.1. The van der Waals surface area contributed by atoms with Gasteiger partial charge >= 0.3 is 17.2 Å². The molecular weight excluding hydrogens is 759 g/mol. The third-order valence-electron chi connectivity index (χ3n) is 4.42. The molecule has 0 atom stereocenters. The molecule has 1 fully saturated rings. The molecule has 1 spiro atoms. The molecule has 160 valence electrons. The van der Waals surface area contributed by atoms with Crippen molar-refractivity contribution in [2.75, 3.05) is 0 Å². The van der Waals surface area contributed by atoms with Crippen LogP contribution in [0, 0.1) is 10.7 Å². The molecular formula is C15H10F2I3O8S-. The van der Waals surface area contributed by atoms with E-state index in [0.29, 0.717) is 14.9 Å². The van der Waals surface area contributed by atoms with E-state index < -0.39 is 39.2 Å². The van der Waals surface area contributed by atoms with Gasteiger partial charge in [-0.15, -0.1) is 0 Å². The maximum atomic E-state index is 13.3. The Morgan fingerprint density at radius 3 is 2.34 bits per heavy atom. The number of benzene rings is 1. The van der Waals surface area contributed by atoms with Crippen LogP contribution >= 0.6 is 67.8 Å². The lowest BCUT2D eigenvalue weighted by atomic mass is 9.90. The summed E-state index contributed by atoms with van der Waals surface area (Å²) < 4.78 is 76.5. The average Bonchev–Trinajstić information content (AvgIpc) is 2.60. The number of esters is 2. The van der Waals surface area contributed by atoms with E-state index in [1.54, 1.807) is 6.07 Å². The van der Waals surface area contributed by atoms with Gasteiger partial charge in [0.25, 0.3) is 5.79 Å². The minimum absolute atomic E-state index is 0.0259. The highest BCUT2D eigenvalue weighted by Gasteiger charge is 2.51. The molecule has 8 nitrogen and oxygen atoms in total. The van der Waals surface area contributed by atoms with E-state index in [0.717, 1.165) is 7.14 Å². The lowest BCUT2D eigenvalue weighted by Gasteiger charge is -2.42. The van der Waals surface area contributed by atoms with Crippen molar-refractivity contribution in [1.82, 2.24) is 0 Å². The van der Waals surface area contributed by atoms with Crippen LogP contribution in [0.25, 0.3) is 0 Å². The molecule has 1 aromatic rings. The first-order valence-corrected chi connectivity index (χ1v) is 12.6. The van der Waals surface area contributed by atoms with Gasteiger partial charge in [-0.2, -0.15) is 8.78 Å². The molecule has 1 aliphatic heterocycles. The number of alkyl halides is 2. The Balaban J connectivity index is 1.73. The van der Waals surface area contributed by atoms with E-state index in [9.17, 15) is 31.3 Å². The summed E-state index contributed by atoms with van der Waals surface area (Å²) >= 11 is 6.23. The van der Waals surface area contributed by atoms with Crippen LogP contribution in [0.2, 0.25) is 0 Å². The highest BCUT2D eigenvalue weighted by molar-refractivity contribution is 14.1. The maximum Gasteiger partial charge on any atom is 0.428 e. The second kappa shape index (κ2) is 8.12. The molecule has 1 aliphatic carbocycles. The minimum Gasteiger partial charge on any atom is -0.743 e. The fourth-order valence-corrected chi connectivity index (χ4v) is 5.48. The molecule has 0 bridgehead atoms. The Morgan fingerprint density at radius 2 is 1.79 bits per heavy atom. The van der Waals surface area contributed by atoms with Gasteiger partial charge in [-0.1, -0.05) is 0 Å². The van der Waals surface area contributed by atoms with E-state index in [2.05, 4.69) is 49.9 Å². The number of hydrogen-bond acceptors (Lipinski definition) is 8. The van der Waals surface area contributed by atoms with E-state index in [1.165, 1.54) is 0 Å². The molecule has 0 amide bonds. The van der Waals surface area contributed by atoms with Gasteiger partial charge in [0.1, 0.15) is 17.4 Å². The number of halogens is 5. The van der Waals surface area contributed by atoms with Crippen LogP contribution in [0.1, 0.15) is 36.0 Å². The Kier molecular flexibility index (Phi) is 6.60. The molecule has 0 N–H and O–H groups in total. The van der Waals surface area contributed by atoms with Crippen LogP contribution < -0.4 is 4.74 Å². The Morgan fingerprint density at radius 1 is 1.21 bits per heavy atom. The van der Waals surface area contributed by atoms with Crippen LogP contribution in [0.15, 0.2) is 6.07 Å². The predicted octanol–water partition coefficient (Wildman–Crippen LogP) is 3.37. The molecule has 0 unspecified atom stereocenters. The maximum absolute atomic E-state index is 13.3. The quantitative estimate of drug-likeness (QED) is 0.199. The zero-order chi connectivity index (χ0) is 21.8. The summed E-state index contributed by atoms with van der Waals surface area (Å²) in [6.07, 6.45) is -1.05. The van der Waals surface area contributed by atoms with Crippen LogP contribution in [0.4, 0.5) is 8.78 Å². The Hall–Kier alpha value is -0.0800. The molecule has 3 rings (SSSR count). The van der Waals surface area contributed by atoms with Gasteiger partial charge in [-0.3, -0.25) is 0 Å². The van der Waals surface area contributed by atoms with E-state index in [1.807, 2.05) is 22.6 Å². The molecule has 0 aromatic heterocycles. The summed E-state index contributed by atoms with van der Waals surface area (Å²) in [5, 5.41) is -5.17. The molecule has 2 aliphatic rings. The van der Waals surface area contributed by atoms with Crippen molar-refractivity contribution >= 4 is 89.8 Å². The predicted molar refractivity (Wildman–Crippen MR) is 116 cm³/mol. The fourth-order valence-electron chi connectivity index (χ4n) is 2.96. The van der Waals surface area contributed by atoms with Gasteiger partial charge < -0.3 is 18.8 Å². The van der Waals surface area contributed by atoms with E-state index in [4.69, 9.17) is 9.47 Å². The molecule has 0 saturated heterocycles. The van der Waals surface area contributed by atoms with Gasteiger partial charge in [0, 0.05) is 23.6 Å². The summed E-state index contributed by atoms with van der Waals surface area (Å²) in [6.45, 7) is 0. The summed E-state index contributed by atoms with van der Waals surface area (Å²) in [4.78, 5) is 23.9. The van der Waals surface area contributed by atoms with Gasteiger partial charge in [0.2, 0.25) is 0 Å². The number of carbonyl (C=O) groups excluding carboxylic acids is 2. The summed E-state index contributed by atoms with van der Waals surface area (Å²) in [5.41, 5.74) is 0.301. The zero-order valence-electron chi connectivity index (χ0n) is 14.0. The van der Waals surface area contributed by atoms with Crippen molar-refractivity contribution in [2.24, 2.45) is 0 Å². The van der Waals surface area contributed by atoms with E-state index in [-0.39, 0.29) is 25.7 Å². The molecule has 1 saturated carbocycles. The van der Waals surface area contributed by atoms with Crippen molar-refractivity contribution in [3.8, 4) is 5.75 Å². The smallest absolute Gasteiger partial charge is 0.428 e. The van der Waals surface area contributed by atoms with Crippen LogP contribution in [-0.4, -0.2) is 42.1 Å². The van der Waals surface area contributed by atoms with Crippen LogP contribution in [0.3, 0.4) is 0 Å². The number of ether oxygens (including phenoxy) is 3. The minimum atomic E-state index is -6.19. The van der Waals surface area contributed by atoms with Gasteiger partial charge in [-0.25, -0.2) is 18.0 Å². The Bertz CT molecular complexity index is 990. The second-order valence-electron chi connectivity index (χ2n) is 6.34. The SMILES string of the molecule is O=C1OC2(CCC(OC(=O)C(F)(F)S(=O)(=O)[O-])CC2)Oc2cc(I)c(I)c(I)c21. The first-order chi connectivity index (χ1) is 13.3. The van der Waals surface area contributed by atoms with Crippen molar-refractivity contribution < 1.29 is 45.6 Å². The fraction of sp³-hybridized carbons (Fsp3) is 0.467. The van der Waals surface area contributed by atoms with Crippen LogP contribution in [-0.2, 0) is 24.4 Å². The lowest BCUT2D eigenvalue weighted by molar-refractivity contribution is -0.196. The Labute approximate surface area is 204 Å². The molecule has 14 heteroatoms. The topological polar surface area (TPSA) is 119 Å². The van der Waals surface area contributed by atoms with Crippen LogP contribution in [0.5, 0.6) is 5.75 Å². The monoisotopic (exact) mass is 769 g/mol. The summed E-state index contributed by atoms with van der Waals surface area (Å²) in [7, 11) is -6.19. The highest BCUT2D eigenvalue weighted by atomic mass is 127. The average molecular weight is 769 g/mol.